The lowest BCUT2D eigenvalue weighted by Crippen LogP contribution is -2.34. The zero-order valence-electron chi connectivity index (χ0n) is 13.3. The number of rotatable bonds is 4. The summed E-state index contributed by atoms with van der Waals surface area (Å²) in [5.74, 6) is 1.45. The number of anilines is 2. The number of nitrogens with two attached hydrogens (primary N) is 1. The molecular weight excluding hydrogens is 250 g/mol. The third kappa shape index (κ3) is 3.18. The predicted octanol–water partition coefficient (Wildman–Crippen LogP) is 2.44. The van der Waals surface area contributed by atoms with Crippen LogP contribution in [0.4, 0.5) is 11.4 Å². The Kier molecular flexibility index (Phi) is 4.43. The van der Waals surface area contributed by atoms with Gasteiger partial charge in [-0.3, -0.25) is 0 Å². The molecule has 0 radical (unpaired) electrons. The highest BCUT2D eigenvalue weighted by Gasteiger charge is 2.31. The highest BCUT2D eigenvalue weighted by atomic mass is 16.5. The molecule has 2 unspecified atom stereocenters. The minimum absolute atomic E-state index is 0.138. The van der Waals surface area contributed by atoms with Gasteiger partial charge in [0.25, 0.3) is 0 Å². The first-order chi connectivity index (χ1) is 9.38. The van der Waals surface area contributed by atoms with Crippen LogP contribution >= 0.6 is 0 Å². The molecular formula is C16H27N3O. The molecule has 2 rings (SSSR count). The fourth-order valence-electron chi connectivity index (χ4n) is 2.91. The number of hydrogen-bond donors (Lipinski definition) is 1. The monoisotopic (exact) mass is 277 g/mol. The number of nitrogens with zero attached hydrogens (tertiary/aromatic N) is 2. The fourth-order valence-corrected chi connectivity index (χ4v) is 2.91. The van der Waals surface area contributed by atoms with Gasteiger partial charge in [0.15, 0.2) is 0 Å². The summed E-state index contributed by atoms with van der Waals surface area (Å²) in [6.45, 7) is 8.48. The Morgan fingerprint density at radius 3 is 2.55 bits per heavy atom. The average molecular weight is 277 g/mol. The highest BCUT2D eigenvalue weighted by Crippen LogP contribution is 2.32. The SMILES string of the molecule is CC(C)Oc1cc(N2CC(C)C(N(C)C)C2)ccc1N. The molecule has 1 aliphatic rings. The Bertz CT molecular complexity index is 459. The average Bonchev–Trinajstić information content (AvgIpc) is 2.73. The van der Waals surface area contributed by atoms with Gasteiger partial charge in [0.1, 0.15) is 5.75 Å². The molecule has 0 spiro atoms. The molecule has 0 aliphatic carbocycles. The van der Waals surface area contributed by atoms with Crippen molar-refractivity contribution >= 4 is 11.4 Å². The van der Waals surface area contributed by atoms with Crippen molar-refractivity contribution in [3.8, 4) is 5.75 Å². The van der Waals surface area contributed by atoms with Crippen LogP contribution in [0.3, 0.4) is 0 Å². The first kappa shape index (κ1) is 15.0. The van der Waals surface area contributed by atoms with E-state index in [2.05, 4.69) is 43.0 Å². The lowest BCUT2D eigenvalue weighted by molar-refractivity contribution is 0.244. The summed E-state index contributed by atoms with van der Waals surface area (Å²) in [5.41, 5.74) is 7.89. The quantitative estimate of drug-likeness (QED) is 0.858. The molecule has 4 nitrogen and oxygen atoms in total. The van der Waals surface area contributed by atoms with Gasteiger partial charge in [0, 0.05) is 30.9 Å². The van der Waals surface area contributed by atoms with Crippen molar-refractivity contribution in [3.05, 3.63) is 18.2 Å². The second kappa shape index (κ2) is 5.92. The molecule has 0 aromatic heterocycles. The maximum atomic E-state index is 5.99. The summed E-state index contributed by atoms with van der Waals surface area (Å²) >= 11 is 0. The molecule has 2 N–H and O–H groups in total. The van der Waals surface area contributed by atoms with Crippen molar-refractivity contribution in [2.45, 2.75) is 32.9 Å². The minimum Gasteiger partial charge on any atom is -0.489 e. The third-order valence-corrected chi connectivity index (χ3v) is 3.96. The van der Waals surface area contributed by atoms with Crippen LogP contribution < -0.4 is 15.4 Å². The van der Waals surface area contributed by atoms with Crippen LogP contribution in [0, 0.1) is 5.92 Å². The molecule has 1 heterocycles. The van der Waals surface area contributed by atoms with Crippen LogP contribution in [0.25, 0.3) is 0 Å². The summed E-state index contributed by atoms with van der Waals surface area (Å²) in [6.07, 6.45) is 0.138. The Hall–Kier alpha value is -1.42. The van der Waals surface area contributed by atoms with E-state index in [1.807, 2.05) is 19.9 Å². The largest absolute Gasteiger partial charge is 0.489 e. The van der Waals surface area contributed by atoms with E-state index in [1.54, 1.807) is 0 Å². The molecule has 2 atom stereocenters. The van der Waals surface area contributed by atoms with Gasteiger partial charge in [0.2, 0.25) is 0 Å². The van der Waals surface area contributed by atoms with E-state index in [9.17, 15) is 0 Å². The topological polar surface area (TPSA) is 41.7 Å². The second-order valence-corrected chi connectivity index (χ2v) is 6.30. The van der Waals surface area contributed by atoms with Gasteiger partial charge in [-0.1, -0.05) is 6.92 Å². The molecule has 0 amide bonds. The molecule has 1 fully saturated rings. The Morgan fingerprint density at radius 1 is 1.30 bits per heavy atom. The summed E-state index contributed by atoms with van der Waals surface area (Å²) in [5, 5.41) is 0. The van der Waals surface area contributed by atoms with Crippen molar-refractivity contribution in [2.24, 2.45) is 5.92 Å². The van der Waals surface area contributed by atoms with Crippen molar-refractivity contribution in [1.82, 2.24) is 4.90 Å². The molecule has 112 valence electrons. The minimum atomic E-state index is 0.138. The fraction of sp³-hybridized carbons (Fsp3) is 0.625. The zero-order chi connectivity index (χ0) is 14.9. The summed E-state index contributed by atoms with van der Waals surface area (Å²) < 4.78 is 5.78. The maximum absolute atomic E-state index is 5.99. The van der Waals surface area contributed by atoms with E-state index in [0.29, 0.717) is 17.6 Å². The van der Waals surface area contributed by atoms with Crippen LogP contribution in [0.2, 0.25) is 0 Å². The first-order valence-electron chi connectivity index (χ1n) is 7.36. The van der Waals surface area contributed by atoms with Crippen LogP contribution in [-0.2, 0) is 0 Å². The van der Waals surface area contributed by atoms with Gasteiger partial charge in [0.05, 0.1) is 11.8 Å². The van der Waals surface area contributed by atoms with Crippen molar-refractivity contribution < 1.29 is 4.74 Å². The van der Waals surface area contributed by atoms with Crippen LogP contribution in [0.5, 0.6) is 5.75 Å². The number of hydrogen-bond acceptors (Lipinski definition) is 4. The number of likely N-dealkylation sites (N-methyl/N-ethyl adjacent to an activating group) is 1. The number of nitrogen functional groups attached to an aromatic ring is 1. The lowest BCUT2D eigenvalue weighted by Gasteiger charge is -2.23. The molecule has 20 heavy (non-hydrogen) atoms. The van der Waals surface area contributed by atoms with Gasteiger partial charge in [-0.05, 0) is 46.0 Å². The highest BCUT2D eigenvalue weighted by molar-refractivity contribution is 5.63. The van der Waals surface area contributed by atoms with E-state index in [-0.39, 0.29) is 6.10 Å². The van der Waals surface area contributed by atoms with E-state index < -0.39 is 0 Å². The van der Waals surface area contributed by atoms with Gasteiger partial charge in [-0.2, -0.15) is 0 Å². The molecule has 0 saturated carbocycles. The van der Waals surface area contributed by atoms with Crippen molar-refractivity contribution in [2.75, 3.05) is 37.8 Å². The lowest BCUT2D eigenvalue weighted by atomic mass is 10.1. The van der Waals surface area contributed by atoms with Crippen LogP contribution in [0.1, 0.15) is 20.8 Å². The number of ether oxygens (including phenoxy) is 1. The van der Waals surface area contributed by atoms with Crippen LogP contribution in [0.15, 0.2) is 18.2 Å². The van der Waals surface area contributed by atoms with Crippen molar-refractivity contribution in [1.29, 1.82) is 0 Å². The Labute approximate surface area is 122 Å². The molecule has 1 aliphatic heterocycles. The predicted molar refractivity (Wildman–Crippen MR) is 85.5 cm³/mol. The standard InChI is InChI=1S/C16H27N3O/c1-11(2)20-16-8-13(6-7-14(16)17)19-9-12(3)15(10-19)18(4)5/h6-8,11-12,15H,9-10,17H2,1-5H3. The molecule has 1 aromatic carbocycles. The van der Waals surface area contributed by atoms with Crippen LogP contribution in [-0.4, -0.2) is 44.2 Å². The second-order valence-electron chi connectivity index (χ2n) is 6.30. The summed E-state index contributed by atoms with van der Waals surface area (Å²) in [4.78, 5) is 4.73. The number of benzene rings is 1. The summed E-state index contributed by atoms with van der Waals surface area (Å²) in [6, 6.07) is 6.70. The Balaban J connectivity index is 2.18. The van der Waals surface area contributed by atoms with E-state index in [1.165, 1.54) is 5.69 Å². The zero-order valence-corrected chi connectivity index (χ0v) is 13.3. The third-order valence-electron chi connectivity index (χ3n) is 3.96. The van der Waals surface area contributed by atoms with Gasteiger partial charge in [-0.25, -0.2) is 0 Å². The first-order valence-corrected chi connectivity index (χ1v) is 7.36. The molecule has 1 aromatic rings. The Morgan fingerprint density at radius 2 is 2.00 bits per heavy atom. The smallest absolute Gasteiger partial charge is 0.144 e. The van der Waals surface area contributed by atoms with Crippen molar-refractivity contribution in [3.63, 3.8) is 0 Å². The maximum Gasteiger partial charge on any atom is 0.144 e. The van der Waals surface area contributed by atoms with E-state index >= 15 is 0 Å². The van der Waals surface area contributed by atoms with Gasteiger partial charge >= 0.3 is 0 Å². The summed E-state index contributed by atoms with van der Waals surface area (Å²) in [7, 11) is 4.31. The van der Waals surface area contributed by atoms with Gasteiger partial charge < -0.3 is 20.3 Å². The molecule has 1 saturated heterocycles. The molecule has 0 bridgehead atoms. The van der Waals surface area contributed by atoms with E-state index in [4.69, 9.17) is 10.5 Å². The normalized spacial score (nSPS) is 22.9. The van der Waals surface area contributed by atoms with Gasteiger partial charge in [-0.15, -0.1) is 0 Å². The van der Waals surface area contributed by atoms with E-state index in [0.717, 1.165) is 18.8 Å². The molecule has 4 heteroatoms.